The molecule has 21 heavy (non-hydrogen) atoms. The van der Waals surface area contributed by atoms with Crippen molar-refractivity contribution in [2.45, 2.75) is 25.8 Å². The largest absolute Gasteiger partial charge is 0.356 e. The Kier molecular flexibility index (Phi) is 3.58. The topological polar surface area (TPSA) is 56.8 Å². The molecule has 3 heterocycles. The number of anilines is 1. The summed E-state index contributed by atoms with van der Waals surface area (Å²) in [6.45, 7) is 4.76. The Hall–Kier alpha value is -1.33. The first-order valence-electron chi connectivity index (χ1n) is 7.39. The third-order valence-electron chi connectivity index (χ3n) is 5.38. The van der Waals surface area contributed by atoms with E-state index in [4.69, 9.17) is 0 Å². The third kappa shape index (κ3) is 2.19. The molecule has 0 spiro atoms. The lowest BCUT2D eigenvalue weighted by atomic mass is 9.83. The first kappa shape index (κ1) is 14.6. The molecular formula is C15H22ClN5. The molecule has 0 unspecified atom stereocenters. The predicted octanol–water partition coefficient (Wildman–Crippen LogP) is 2.20. The van der Waals surface area contributed by atoms with Gasteiger partial charge in [0.2, 0.25) is 0 Å². The molecule has 1 aliphatic heterocycles. The summed E-state index contributed by atoms with van der Waals surface area (Å²) in [6, 6.07) is 2.65. The van der Waals surface area contributed by atoms with Gasteiger partial charge >= 0.3 is 0 Å². The predicted molar refractivity (Wildman–Crippen MR) is 87.0 cm³/mol. The lowest BCUT2D eigenvalue weighted by Crippen LogP contribution is -2.33. The van der Waals surface area contributed by atoms with Crippen LogP contribution < -0.4 is 10.2 Å². The molecule has 0 bridgehead atoms. The van der Waals surface area contributed by atoms with Crippen LogP contribution in [0.15, 0.2) is 18.6 Å². The maximum atomic E-state index is 4.52. The number of nitrogens with one attached hydrogen (secondary N) is 2. The van der Waals surface area contributed by atoms with E-state index in [2.05, 4.69) is 45.2 Å². The van der Waals surface area contributed by atoms with E-state index in [0.717, 1.165) is 29.3 Å². The second kappa shape index (κ2) is 5.14. The smallest absolute Gasteiger partial charge is 0.142 e. The number of aromatic nitrogens is 3. The highest BCUT2D eigenvalue weighted by atomic mass is 35.5. The van der Waals surface area contributed by atoms with Gasteiger partial charge in [-0.3, -0.25) is 0 Å². The maximum Gasteiger partial charge on any atom is 0.142 e. The Morgan fingerprint density at radius 2 is 2.24 bits per heavy atom. The fourth-order valence-electron chi connectivity index (χ4n) is 4.09. The Morgan fingerprint density at radius 1 is 1.38 bits per heavy atom. The number of halogens is 1. The summed E-state index contributed by atoms with van der Waals surface area (Å²) in [6.07, 6.45) is 6.10. The zero-order valence-corrected chi connectivity index (χ0v) is 13.3. The molecule has 0 radical (unpaired) electrons. The molecule has 1 aliphatic carbocycles. The van der Waals surface area contributed by atoms with Gasteiger partial charge in [0.15, 0.2) is 0 Å². The van der Waals surface area contributed by atoms with E-state index in [9.17, 15) is 0 Å². The van der Waals surface area contributed by atoms with Crippen LogP contribution >= 0.6 is 12.4 Å². The van der Waals surface area contributed by atoms with Crippen molar-refractivity contribution in [3.8, 4) is 0 Å². The number of hydrogen-bond donors (Lipinski definition) is 2. The second-order valence-electron chi connectivity index (χ2n) is 6.62. The minimum absolute atomic E-state index is 0. The molecule has 2 aliphatic rings. The van der Waals surface area contributed by atoms with Crippen LogP contribution in [0.1, 0.15) is 19.8 Å². The van der Waals surface area contributed by atoms with E-state index in [1.807, 2.05) is 6.20 Å². The summed E-state index contributed by atoms with van der Waals surface area (Å²) in [5.74, 6) is 1.86. The van der Waals surface area contributed by atoms with Crippen LogP contribution in [-0.2, 0) is 0 Å². The Balaban J connectivity index is 0.00000132. The molecule has 2 N–H and O–H groups in total. The van der Waals surface area contributed by atoms with Gasteiger partial charge in [0.25, 0.3) is 0 Å². The van der Waals surface area contributed by atoms with Crippen LogP contribution in [-0.4, -0.2) is 41.1 Å². The first-order chi connectivity index (χ1) is 9.67. The van der Waals surface area contributed by atoms with Gasteiger partial charge < -0.3 is 15.2 Å². The fourth-order valence-corrected chi connectivity index (χ4v) is 4.09. The highest BCUT2D eigenvalue weighted by Crippen LogP contribution is 2.47. The van der Waals surface area contributed by atoms with Crippen molar-refractivity contribution in [2.24, 2.45) is 11.3 Å². The minimum Gasteiger partial charge on any atom is -0.356 e. The van der Waals surface area contributed by atoms with E-state index >= 15 is 0 Å². The molecule has 2 aromatic rings. The Morgan fingerprint density at radius 3 is 3.05 bits per heavy atom. The molecule has 1 saturated heterocycles. The van der Waals surface area contributed by atoms with Gasteiger partial charge in [-0.15, -0.1) is 12.4 Å². The molecule has 1 saturated carbocycles. The standard InChI is InChI=1S/C15H21N5.ClH/c1-15-6-11(5-10(15)7-16-8-15)20(2)14-12-3-4-17-13(12)18-9-19-14;/h3-4,9-11,16H,5-8H2,1-2H3,(H,17,18,19);1H/t10-,11-,15+;/m0./s1. The van der Waals surface area contributed by atoms with Crippen LogP contribution in [0.25, 0.3) is 11.0 Å². The summed E-state index contributed by atoms with van der Waals surface area (Å²) in [5, 5.41) is 4.66. The third-order valence-corrected chi connectivity index (χ3v) is 5.38. The average Bonchev–Trinajstić information content (AvgIpc) is 3.09. The van der Waals surface area contributed by atoms with Gasteiger partial charge in [-0.1, -0.05) is 6.92 Å². The summed E-state index contributed by atoms with van der Waals surface area (Å²) < 4.78 is 0. The molecule has 4 rings (SSSR count). The highest BCUT2D eigenvalue weighted by Gasteiger charge is 2.48. The molecule has 114 valence electrons. The van der Waals surface area contributed by atoms with Crippen LogP contribution in [0.5, 0.6) is 0 Å². The van der Waals surface area contributed by atoms with E-state index in [1.54, 1.807) is 6.33 Å². The average molecular weight is 308 g/mol. The summed E-state index contributed by atoms with van der Waals surface area (Å²) in [5.41, 5.74) is 1.39. The molecule has 0 amide bonds. The van der Waals surface area contributed by atoms with E-state index in [1.165, 1.54) is 19.4 Å². The summed E-state index contributed by atoms with van der Waals surface area (Å²) >= 11 is 0. The van der Waals surface area contributed by atoms with Gasteiger partial charge in [-0.2, -0.15) is 0 Å². The molecule has 5 nitrogen and oxygen atoms in total. The van der Waals surface area contributed by atoms with E-state index in [-0.39, 0.29) is 12.4 Å². The second-order valence-corrected chi connectivity index (χ2v) is 6.62. The normalized spacial score (nSPS) is 31.1. The van der Waals surface area contributed by atoms with Gasteiger partial charge in [0.05, 0.1) is 5.39 Å². The van der Waals surface area contributed by atoms with Crippen LogP contribution in [0, 0.1) is 11.3 Å². The zero-order chi connectivity index (χ0) is 13.7. The van der Waals surface area contributed by atoms with Crippen LogP contribution in [0.3, 0.4) is 0 Å². The fraction of sp³-hybridized carbons (Fsp3) is 0.600. The van der Waals surface area contributed by atoms with E-state index < -0.39 is 0 Å². The maximum absolute atomic E-state index is 4.52. The number of aromatic amines is 1. The van der Waals surface area contributed by atoms with Crippen molar-refractivity contribution >= 4 is 29.3 Å². The Labute approximate surface area is 130 Å². The summed E-state index contributed by atoms with van der Waals surface area (Å²) in [7, 11) is 2.18. The number of rotatable bonds is 2. The van der Waals surface area contributed by atoms with Gasteiger partial charge in [-0.25, -0.2) is 9.97 Å². The van der Waals surface area contributed by atoms with Gasteiger partial charge in [0.1, 0.15) is 17.8 Å². The molecule has 6 heteroatoms. The number of fused-ring (bicyclic) bond motifs is 2. The quantitative estimate of drug-likeness (QED) is 0.893. The molecule has 0 aromatic carbocycles. The number of H-pyrrole nitrogens is 1. The molecule has 3 atom stereocenters. The zero-order valence-electron chi connectivity index (χ0n) is 12.5. The van der Waals surface area contributed by atoms with E-state index in [0.29, 0.717) is 11.5 Å². The van der Waals surface area contributed by atoms with Crippen molar-refractivity contribution in [3.63, 3.8) is 0 Å². The van der Waals surface area contributed by atoms with Gasteiger partial charge in [-0.05, 0) is 36.8 Å². The number of hydrogen-bond acceptors (Lipinski definition) is 4. The lowest BCUT2D eigenvalue weighted by molar-refractivity contribution is 0.304. The van der Waals surface area contributed by atoms with Crippen molar-refractivity contribution in [3.05, 3.63) is 18.6 Å². The SMILES string of the molecule is CN(c1ncnc2[nH]ccc12)[C@H]1C[C@H]2CNC[C@@]2(C)C1.Cl. The van der Waals surface area contributed by atoms with Crippen molar-refractivity contribution < 1.29 is 0 Å². The molecule has 2 aromatic heterocycles. The summed E-state index contributed by atoms with van der Waals surface area (Å²) in [4.78, 5) is 14.3. The van der Waals surface area contributed by atoms with Crippen molar-refractivity contribution in [2.75, 3.05) is 25.0 Å². The van der Waals surface area contributed by atoms with Gasteiger partial charge in [0, 0.05) is 25.8 Å². The monoisotopic (exact) mass is 307 g/mol. The van der Waals surface area contributed by atoms with Crippen molar-refractivity contribution in [1.29, 1.82) is 0 Å². The first-order valence-corrected chi connectivity index (χ1v) is 7.39. The van der Waals surface area contributed by atoms with Crippen molar-refractivity contribution in [1.82, 2.24) is 20.3 Å². The van der Waals surface area contributed by atoms with Crippen LogP contribution in [0.4, 0.5) is 5.82 Å². The minimum atomic E-state index is 0. The molecular weight excluding hydrogens is 286 g/mol. The number of nitrogens with zero attached hydrogens (tertiary/aromatic N) is 3. The lowest BCUT2D eigenvalue weighted by Gasteiger charge is -2.28. The van der Waals surface area contributed by atoms with Crippen LogP contribution in [0.2, 0.25) is 0 Å². The molecule has 2 fully saturated rings. The highest BCUT2D eigenvalue weighted by molar-refractivity contribution is 5.87. The Bertz CT molecular complexity index is 642.